The first kappa shape index (κ1) is 36.9. The van der Waals surface area contributed by atoms with E-state index in [0.717, 1.165) is 29.8 Å². The minimum atomic E-state index is -3.69. The van der Waals surface area contributed by atoms with E-state index in [0.29, 0.717) is 64.1 Å². The number of aliphatic hydroxyl groups is 2. The molecular formula is C36H48N4O8S2. The van der Waals surface area contributed by atoms with Crippen LogP contribution < -0.4 is 21.1 Å². The molecule has 14 heteroatoms. The molecule has 1 saturated carbocycles. The number of hydrogen-bond acceptors (Lipinski definition) is 11. The molecule has 2 aliphatic heterocycles. The first-order chi connectivity index (χ1) is 24.0. The van der Waals surface area contributed by atoms with E-state index in [1.165, 1.54) is 12.1 Å². The van der Waals surface area contributed by atoms with Crippen LogP contribution in [0.4, 0.5) is 0 Å². The fourth-order valence-corrected chi connectivity index (χ4v) is 10.1. The van der Waals surface area contributed by atoms with Gasteiger partial charge < -0.3 is 36.1 Å². The largest absolute Gasteiger partial charge is 0.491 e. The van der Waals surface area contributed by atoms with Gasteiger partial charge >= 0.3 is 0 Å². The second-order valence-electron chi connectivity index (χ2n) is 13.7. The number of nitrogens with two attached hydrogens (primary N) is 1. The maximum Gasteiger partial charge on any atom is 0.243 e. The van der Waals surface area contributed by atoms with Gasteiger partial charge in [-0.25, -0.2) is 16.8 Å². The molecule has 3 fully saturated rings. The Morgan fingerprint density at radius 2 is 1.66 bits per heavy atom. The van der Waals surface area contributed by atoms with Gasteiger partial charge in [-0.1, -0.05) is 42.5 Å². The van der Waals surface area contributed by atoms with Gasteiger partial charge in [-0.2, -0.15) is 4.31 Å². The molecule has 3 aromatic rings. The summed E-state index contributed by atoms with van der Waals surface area (Å²) < 4.78 is 65.6. The average Bonchev–Trinajstić information content (AvgIpc) is 3.86. The zero-order chi connectivity index (χ0) is 35.4. The van der Waals surface area contributed by atoms with Gasteiger partial charge in [-0.15, -0.1) is 0 Å². The van der Waals surface area contributed by atoms with Gasteiger partial charge in [0, 0.05) is 45.3 Å². The topological polar surface area (TPSA) is 181 Å². The van der Waals surface area contributed by atoms with Crippen molar-refractivity contribution in [2.75, 3.05) is 52.5 Å². The van der Waals surface area contributed by atoms with Gasteiger partial charge in [-0.3, -0.25) is 0 Å². The van der Waals surface area contributed by atoms with Crippen molar-refractivity contribution in [2.45, 2.75) is 70.9 Å². The molecule has 3 aliphatic rings. The highest BCUT2D eigenvalue weighted by Gasteiger charge is 2.54. The van der Waals surface area contributed by atoms with Crippen LogP contribution in [0.5, 0.6) is 5.75 Å². The summed E-state index contributed by atoms with van der Waals surface area (Å²) in [5, 5.41) is 26.8. The van der Waals surface area contributed by atoms with Crippen LogP contribution in [0.1, 0.15) is 37.7 Å². The molecule has 0 aromatic heterocycles. The number of piperidine rings is 1. The molecule has 50 heavy (non-hydrogen) atoms. The molecule has 12 nitrogen and oxygen atoms in total. The predicted octanol–water partition coefficient (Wildman–Crippen LogP) is 2.04. The second kappa shape index (κ2) is 15.4. The molecular weight excluding hydrogens is 681 g/mol. The average molecular weight is 729 g/mol. The summed E-state index contributed by atoms with van der Waals surface area (Å²) in [7, 11) is -7.37. The van der Waals surface area contributed by atoms with Crippen molar-refractivity contribution < 1.29 is 36.5 Å². The van der Waals surface area contributed by atoms with Crippen LogP contribution in [-0.4, -0.2) is 106 Å². The summed E-state index contributed by atoms with van der Waals surface area (Å²) >= 11 is 0. The minimum Gasteiger partial charge on any atom is -0.491 e. The Morgan fingerprint density at radius 3 is 2.36 bits per heavy atom. The number of ether oxygens (including phenoxy) is 2. The molecule has 0 radical (unpaired) electrons. The zero-order valence-electron chi connectivity index (χ0n) is 28.2. The van der Waals surface area contributed by atoms with Gasteiger partial charge in [0.15, 0.2) is 9.84 Å². The third-order valence-corrected chi connectivity index (χ3v) is 14.6. The first-order valence-electron chi connectivity index (χ1n) is 17.2. The highest BCUT2D eigenvalue weighted by atomic mass is 32.2. The Kier molecular flexibility index (Phi) is 11.3. The maximum absolute atomic E-state index is 13.7. The van der Waals surface area contributed by atoms with Crippen molar-refractivity contribution in [3.63, 3.8) is 0 Å². The highest BCUT2D eigenvalue weighted by molar-refractivity contribution is 7.93. The Labute approximate surface area is 294 Å². The number of sulfone groups is 1. The van der Waals surface area contributed by atoms with E-state index in [-0.39, 0.29) is 29.0 Å². The summed E-state index contributed by atoms with van der Waals surface area (Å²) in [4.78, 5) is 0.372. The lowest BCUT2D eigenvalue weighted by molar-refractivity contribution is -0.0312. The molecule has 2 atom stereocenters. The number of hydrogen-bond donors (Lipinski definition) is 5. The number of benzene rings is 3. The third kappa shape index (κ3) is 8.09. The van der Waals surface area contributed by atoms with Gasteiger partial charge in [0.2, 0.25) is 10.0 Å². The Bertz CT molecular complexity index is 1830. The van der Waals surface area contributed by atoms with Gasteiger partial charge in [0.1, 0.15) is 18.5 Å². The van der Waals surface area contributed by atoms with Crippen molar-refractivity contribution in [3.8, 4) is 16.9 Å². The molecule has 1 aliphatic carbocycles. The molecule has 6 N–H and O–H groups in total. The molecule has 1 spiro atoms. The Balaban J connectivity index is 0.965. The number of nitrogens with zero attached hydrogens (tertiary/aromatic N) is 1. The standard InChI is InChI=1S/C36H48N4O8S2/c37-15-16-38-22-27-7-9-28(10-8-27)29-3-1-6-34(19-29)50(45,46)40-17-13-35(14-18-40)21-30(24-48-35)39-23-31(42)25-47-32-4-2-5-33(20-32)49(43,44)36(26-41)11-12-36/h1-10,19-20,30-31,38-39,41-42H,11-18,21-26,37H2/t30-,31?/m1/s1. The van der Waals surface area contributed by atoms with Gasteiger partial charge in [-0.05, 0) is 79.1 Å². The van der Waals surface area contributed by atoms with Crippen molar-refractivity contribution >= 4 is 19.9 Å². The lowest BCUT2D eigenvalue weighted by Gasteiger charge is -2.38. The lowest BCUT2D eigenvalue weighted by Crippen LogP contribution is -2.47. The quantitative estimate of drug-likeness (QED) is 0.136. The van der Waals surface area contributed by atoms with Gasteiger partial charge in [0.05, 0.1) is 33.4 Å². The normalized spacial score (nSPS) is 20.9. The van der Waals surface area contributed by atoms with Crippen molar-refractivity contribution in [1.82, 2.24) is 14.9 Å². The fraction of sp³-hybridized carbons (Fsp3) is 0.500. The highest BCUT2D eigenvalue weighted by Crippen LogP contribution is 2.46. The van der Waals surface area contributed by atoms with E-state index >= 15 is 0 Å². The number of sulfonamides is 1. The van der Waals surface area contributed by atoms with E-state index < -0.39 is 42.9 Å². The molecule has 0 amide bonds. The first-order valence-corrected chi connectivity index (χ1v) is 20.2. The van der Waals surface area contributed by atoms with Crippen LogP contribution in [0.15, 0.2) is 82.6 Å². The number of rotatable bonds is 16. The lowest BCUT2D eigenvalue weighted by atomic mass is 9.88. The fourth-order valence-electron chi connectivity index (χ4n) is 6.78. The van der Waals surface area contributed by atoms with Crippen molar-refractivity contribution in [2.24, 2.45) is 5.73 Å². The summed E-state index contributed by atoms with van der Waals surface area (Å²) in [5.41, 5.74) is 8.04. The second-order valence-corrected chi connectivity index (χ2v) is 18.0. The Hall–Kier alpha value is -2.92. The maximum atomic E-state index is 13.7. The monoisotopic (exact) mass is 728 g/mol. The van der Waals surface area contributed by atoms with E-state index in [9.17, 15) is 27.0 Å². The molecule has 272 valence electrons. The minimum absolute atomic E-state index is 0.00555. The van der Waals surface area contributed by atoms with Crippen molar-refractivity contribution in [1.29, 1.82) is 0 Å². The van der Waals surface area contributed by atoms with Crippen molar-refractivity contribution in [3.05, 3.63) is 78.4 Å². The van der Waals surface area contributed by atoms with E-state index in [1.807, 2.05) is 30.3 Å². The Morgan fingerprint density at radius 1 is 0.940 bits per heavy atom. The van der Waals surface area contributed by atoms with Crippen LogP contribution in [0, 0.1) is 0 Å². The van der Waals surface area contributed by atoms with Gasteiger partial charge in [0.25, 0.3) is 0 Å². The van der Waals surface area contributed by atoms with Crippen LogP contribution in [0.2, 0.25) is 0 Å². The third-order valence-electron chi connectivity index (χ3n) is 10.1. The predicted molar refractivity (Wildman–Crippen MR) is 190 cm³/mol. The number of aliphatic hydroxyl groups excluding tert-OH is 2. The molecule has 1 unspecified atom stereocenters. The van der Waals surface area contributed by atoms with Crippen LogP contribution >= 0.6 is 0 Å². The summed E-state index contributed by atoms with van der Waals surface area (Å²) in [5.74, 6) is 0.330. The molecule has 3 aromatic carbocycles. The molecule has 0 bridgehead atoms. The van der Waals surface area contributed by atoms with E-state index in [2.05, 4.69) is 10.6 Å². The van der Waals surface area contributed by atoms with Crippen LogP contribution in [0.25, 0.3) is 11.1 Å². The number of nitrogens with one attached hydrogen (secondary N) is 2. The summed E-state index contributed by atoms with van der Waals surface area (Å²) in [6.45, 7) is 3.02. The molecule has 6 rings (SSSR count). The SMILES string of the molecule is NCCNCc1ccc(-c2cccc(S(=O)(=O)N3CCC4(CC3)C[C@@H](NCC(O)COc3cccc(S(=O)(=O)C5(CO)CC5)c3)CO4)c2)cc1. The summed E-state index contributed by atoms with van der Waals surface area (Å²) in [6, 6.07) is 21.3. The zero-order valence-corrected chi connectivity index (χ0v) is 29.8. The van der Waals surface area contributed by atoms with Crippen LogP contribution in [0.3, 0.4) is 0 Å². The van der Waals surface area contributed by atoms with E-state index in [1.54, 1.807) is 34.6 Å². The molecule has 2 heterocycles. The van der Waals surface area contributed by atoms with E-state index in [4.69, 9.17) is 15.2 Å². The smallest absolute Gasteiger partial charge is 0.243 e. The van der Waals surface area contributed by atoms with Crippen LogP contribution in [-0.2, 0) is 31.1 Å². The summed E-state index contributed by atoms with van der Waals surface area (Å²) in [6.07, 6.45) is 1.88. The molecule has 2 saturated heterocycles.